The lowest BCUT2D eigenvalue weighted by molar-refractivity contribution is 0.527. The topological polar surface area (TPSA) is 81.3 Å². The van der Waals surface area contributed by atoms with Crippen LogP contribution in [0, 0.1) is 20.8 Å². The average molecular weight is 346 g/mol. The van der Waals surface area contributed by atoms with Gasteiger partial charge in [-0.05, 0) is 44.0 Å². The minimum atomic E-state index is -3.79. The number of fused-ring (bicyclic) bond motifs is 1. The minimum Gasteiger partial charge on any atom is -0.408 e. The lowest BCUT2D eigenvalue weighted by Crippen LogP contribution is -2.15. The number of rotatable bonds is 3. The van der Waals surface area contributed by atoms with Crippen LogP contribution in [0.1, 0.15) is 16.7 Å². The maximum atomic E-state index is 12.7. The molecular weight excluding hydrogens is 328 g/mol. The van der Waals surface area contributed by atoms with Gasteiger partial charge in [0.25, 0.3) is 10.0 Å². The minimum absolute atomic E-state index is 0.0451. The normalized spacial score (nSPS) is 11.8. The molecule has 0 unspecified atom stereocenters. The number of anilines is 1. The summed E-state index contributed by atoms with van der Waals surface area (Å²) in [6.07, 6.45) is 0. The third-order valence-electron chi connectivity index (χ3n) is 3.99. The number of benzene rings is 2. The second kappa shape index (κ2) is 5.52. The van der Waals surface area contributed by atoms with E-state index in [2.05, 4.69) is 4.72 Å². The molecule has 24 heavy (non-hydrogen) atoms. The summed E-state index contributed by atoms with van der Waals surface area (Å²) >= 11 is 0. The molecule has 126 valence electrons. The molecule has 0 amide bonds. The van der Waals surface area contributed by atoms with Gasteiger partial charge in [0.1, 0.15) is 0 Å². The van der Waals surface area contributed by atoms with Gasteiger partial charge in [0.2, 0.25) is 0 Å². The molecule has 1 N–H and O–H groups in total. The summed E-state index contributed by atoms with van der Waals surface area (Å²) in [5.41, 5.74) is 4.12. The Morgan fingerprint density at radius 1 is 1.04 bits per heavy atom. The van der Waals surface area contributed by atoms with Crippen LogP contribution in [0.4, 0.5) is 5.69 Å². The van der Waals surface area contributed by atoms with Gasteiger partial charge in [-0.2, -0.15) is 0 Å². The lowest BCUT2D eigenvalue weighted by Gasteiger charge is -2.14. The average Bonchev–Trinajstić information content (AvgIpc) is 2.77. The lowest BCUT2D eigenvalue weighted by atomic mass is 10.1. The van der Waals surface area contributed by atoms with Crippen molar-refractivity contribution in [2.24, 2.45) is 7.05 Å². The quantitative estimate of drug-likeness (QED) is 0.791. The van der Waals surface area contributed by atoms with E-state index in [1.54, 1.807) is 13.1 Å². The Kier molecular flexibility index (Phi) is 3.76. The molecule has 1 aromatic heterocycles. The number of hydrogen-bond donors (Lipinski definition) is 1. The molecule has 7 heteroatoms. The van der Waals surface area contributed by atoms with Gasteiger partial charge >= 0.3 is 5.76 Å². The first-order valence-corrected chi connectivity index (χ1v) is 8.87. The fourth-order valence-electron chi connectivity index (χ4n) is 2.82. The van der Waals surface area contributed by atoms with Crippen LogP contribution in [-0.4, -0.2) is 13.0 Å². The van der Waals surface area contributed by atoms with E-state index in [-0.39, 0.29) is 10.5 Å². The van der Waals surface area contributed by atoms with E-state index in [0.717, 1.165) is 16.7 Å². The van der Waals surface area contributed by atoms with Crippen molar-refractivity contribution in [1.29, 1.82) is 0 Å². The maximum absolute atomic E-state index is 12.7. The number of aryl methyl sites for hydroxylation is 4. The number of aromatic nitrogens is 1. The summed E-state index contributed by atoms with van der Waals surface area (Å²) in [7, 11) is -2.22. The van der Waals surface area contributed by atoms with E-state index in [1.807, 2.05) is 32.9 Å². The summed E-state index contributed by atoms with van der Waals surface area (Å²) < 4.78 is 34.4. The Bertz CT molecular complexity index is 1080. The van der Waals surface area contributed by atoms with Crippen molar-refractivity contribution in [2.75, 3.05) is 4.72 Å². The maximum Gasteiger partial charge on any atom is 0.419 e. The van der Waals surface area contributed by atoms with Crippen LogP contribution in [0.5, 0.6) is 0 Å². The van der Waals surface area contributed by atoms with Gasteiger partial charge in [0.15, 0.2) is 5.58 Å². The fourth-order valence-corrected chi connectivity index (χ4v) is 4.03. The zero-order valence-corrected chi connectivity index (χ0v) is 14.7. The SMILES string of the molecule is Cc1cc(C)c(NS(=O)(=O)c2ccc3c(c2)oc(=O)n3C)c(C)c1. The van der Waals surface area contributed by atoms with E-state index in [1.165, 1.54) is 16.7 Å². The van der Waals surface area contributed by atoms with Crippen LogP contribution >= 0.6 is 0 Å². The van der Waals surface area contributed by atoms with E-state index in [9.17, 15) is 13.2 Å². The van der Waals surface area contributed by atoms with Crippen LogP contribution in [0.2, 0.25) is 0 Å². The van der Waals surface area contributed by atoms with Crippen LogP contribution in [0.15, 0.2) is 44.4 Å². The highest BCUT2D eigenvalue weighted by Gasteiger charge is 2.19. The Hall–Kier alpha value is -2.54. The van der Waals surface area contributed by atoms with Crippen molar-refractivity contribution >= 4 is 26.8 Å². The first kappa shape index (κ1) is 16.3. The second-order valence-electron chi connectivity index (χ2n) is 5.94. The largest absolute Gasteiger partial charge is 0.419 e. The molecule has 0 aliphatic carbocycles. The fraction of sp³-hybridized carbons (Fsp3) is 0.235. The Morgan fingerprint density at radius 3 is 2.29 bits per heavy atom. The van der Waals surface area contributed by atoms with E-state index >= 15 is 0 Å². The molecule has 1 heterocycles. The number of nitrogens with zero attached hydrogens (tertiary/aromatic N) is 1. The van der Waals surface area contributed by atoms with Gasteiger partial charge in [-0.3, -0.25) is 9.29 Å². The smallest absolute Gasteiger partial charge is 0.408 e. The van der Waals surface area contributed by atoms with Gasteiger partial charge < -0.3 is 4.42 Å². The van der Waals surface area contributed by atoms with Crippen molar-refractivity contribution in [3.05, 3.63) is 57.6 Å². The van der Waals surface area contributed by atoms with E-state index in [0.29, 0.717) is 11.2 Å². The van der Waals surface area contributed by atoms with Crippen molar-refractivity contribution in [2.45, 2.75) is 25.7 Å². The number of nitrogens with one attached hydrogen (secondary N) is 1. The van der Waals surface area contributed by atoms with Crippen molar-refractivity contribution < 1.29 is 12.8 Å². The van der Waals surface area contributed by atoms with Gasteiger partial charge in [0, 0.05) is 13.1 Å². The highest BCUT2D eigenvalue weighted by molar-refractivity contribution is 7.92. The van der Waals surface area contributed by atoms with Gasteiger partial charge in [-0.15, -0.1) is 0 Å². The predicted octanol–water partition coefficient (Wildman–Crippen LogP) is 2.86. The van der Waals surface area contributed by atoms with Crippen molar-refractivity contribution in [1.82, 2.24) is 4.57 Å². The molecule has 0 saturated heterocycles. The monoisotopic (exact) mass is 346 g/mol. The molecule has 0 radical (unpaired) electrons. The third-order valence-corrected chi connectivity index (χ3v) is 5.33. The van der Waals surface area contributed by atoms with Crippen LogP contribution in [-0.2, 0) is 17.1 Å². The molecule has 2 aromatic carbocycles. The molecule has 0 bridgehead atoms. The summed E-state index contributed by atoms with van der Waals surface area (Å²) in [5.74, 6) is -0.530. The van der Waals surface area contributed by atoms with Crippen molar-refractivity contribution in [3.8, 4) is 0 Å². The van der Waals surface area contributed by atoms with Gasteiger partial charge in [-0.1, -0.05) is 17.7 Å². The number of oxazole rings is 1. The Morgan fingerprint density at radius 2 is 1.67 bits per heavy atom. The summed E-state index contributed by atoms with van der Waals surface area (Å²) in [6, 6.07) is 8.22. The highest BCUT2D eigenvalue weighted by Crippen LogP contribution is 2.26. The van der Waals surface area contributed by atoms with Crippen LogP contribution < -0.4 is 10.5 Å². The second-order valence-corrected chi connectivity index (χ2v) is 7.62. The molecule has 3 rings (SSSR count). The molecule has 0 aliphatic heterocycles. The Labute approximate surface area is 139 Å². The first-order chi connectivity index (χ1) is 11.2. The zero-order chi connectivity index (χ0) is 17.6. The summed E-state index contributed by atoms with van der Waals surface area (Å²) in [5, 5.41) is 0. The molecule has 6 nitrogen and oxygen atoms in total. The van der Waals surface area contributed by atoms with Gasteiger partial charge in [-0.25, -0.2) is 13.2 Å². The standard InChI is InChI=1S/C17H18N2O4S/c1-10-7-11(2)16(12(3)8-10)18-24(21,22)13-5-6-14-15(9-13)23-17(20)19(14)4/h5-9,18H,1-4H3. The molecule has 0 atom stereocenters. The summed E-state index contributed by atoms with van der Waals surface area (Å²) in [6.45, 7) is 5.68. The van der Waals surface area contributed by atoms with Crippen LogP contribution in [0.3, 0.4) is 0 Å². The zero-order valence-electron chi connectivity index (χ0n) is 13.9. The number of sulfonamides is 1. The van der Waals surface area contributed by atoms with Gasteiger partial charge in [0.05, 0.1) is 16.1 Å². The molecule has 0 spiro atoms. The van der Waals surface area contributed by atoms with E-state index in [4.69, 9.17) is 4.42 Å². The molecule has 3 aromatic rings. The molecule has 0 fully saturated rings. The van der Waals surface area contributed by atoms with E-state index < -0.39 is 15.8 Å². The third kappa shape index (κ3) is 2.71. The number of hydrogen-bond acceptors (Lipinski definition) is 4. The molecule has 0 saturated carbocycles. The van der Waals surface area contributed by atoms with Crippen LogP contribution in [0.25, 0.3) is 11.1 Å². The first-order valence-electron chi connectivity index (χ1n) is 7.39. The highest BCUT2D eigenvalue weighted by atomic mass is 32.2. The molecular formula is C17H18N2O4S. The summed E-state index contributed by atoms with van der Waals surface area (Å²) in [4.78, 5) is 11.6. The predicted molar refractivity (Wildman–Crippen MR) is 92.9 cm³/mol. The Balaban J connectivity index is 2.07. The molecule has 0 aliphatic rings. The van der Waals surface area contributed by atoms with Crippen molar-refractivity contribution in [3.63, 3.8) is 0 Å².